The molecule has 1 aliphatic rings. The van der Waals surface area contributed by atoms with Gasteiger partial charge in [0.05, 0.1) is 35.7 Å². The number of nitrogens with zero attached hydrogens (tertiary/aromatic N) is 1. The lowest BCUT2D eigenvalue weighted by Gasteiger charge is -2.30. The number of nitro benzene ring substituents is 1. The van der Waals surface area contributed by atoms with E-state index >= 15 is 0 Å². The van der Waals surface area contributed by atoms with Crippen LogP contribution in [0.25, 0.3) is 0 Å². The molecule has 2 aromatic rings. The SMILES string of the molecule is COCCc1ccc(OCCOC(=O)C2=C(C)NC(C)=C(C(=O)OC)[C@@H]2c2cccc([N+](=O)[O-])c2)cc1. The Balaban J connectivity index is 1.77. The van der Waals surface area contributed by atoms with Crippen LogP contribution in [-0.2, 0) is 30.2 Å². The van der Waals surface area contributed by atoms with E-state index in [0.29, 0.717) is 29.3 Å². The lowest BCUT2D eigenvalue weighted by molar-refractivity contribution is -0.384. The number of benzene rings is 2. The van der Waals surface area contributed by atoms with Crippen molar-refractivity contribution in [3.8, 4) is 5.75 Å². The summed E-state index contributed by atoms with van der Waals surface area (Å²) in [5.74, 6) is -1.61. The van der Waals surface area contributed by atoms with E-state index in [-0.39, 0.29) is 30.0 Å². The molecule has 0 saturated carbocycles. The van der Waals surface area contributed by atoms with Crippen molar-refractivity contribution in [3.05, 3.63) is 92.3 Å². The summed E-state index contributed by atoms with van der Waals surface area (Å²) in [4.78, 5) is 36.8. The van der Waals surface area contributed by atoms with Crippen LogP contribution in [0.1, 0.15) is 30.9 Å². The van der Waals surface area contributed by atoms with E-state index in [1.165, 1.54) is 25.3 Å². The number of esters is 2. The number of nitrogens with one attached hydrogen (secondary N) is 1. The van der Waals surface area contributed by atoms with Crippen molar-refractivity contribution >= 4 is 17.6 Å². The van der Waals surface area contributed by atoms with E-state index < -0.39 is 22.8 Å². The summed E-state index contributed by atoms with van der Waals surface area (Å²) in [6.07, 6.45) is 0.796. The van der Waals surface area contributed by atoms with Crippen LogP contribution in [-0.4, -0.2) is 50.9 Å². The lowest BCUT2D eigenvalue weighted by Crippen LogP contribution is -2.32. The molecule has 0 bridgehead atoms. The number of nitro groups is 1. The molecular formula is C27H30N2O8. The predicted molar refractivity (Wildman–Crippen MR) is 135 cm³/mol. The summed E-state index contributed by atoms with van der Waals surface area (Å²) in [7, 11) is 2.89. The number of dihydropyridines is 1. The highest BCUT2D eigenvalue weighted by Crippen LogP contribution is 2.40. The quantitative estimate of drug-likeness (QED) is 0.208. The average molecular weight is 511 g/mol. The Morgan fingerprint density at radius 3 is 2.24 bits per heavy atom. The molecule has 1 atom stereocenters. The number of rotatable bonds is 11. The normalized spacial score (nSPS) is 15.2. The first-order valence-electron chi connectivity index (χ1n) is 11.7. The third-order valence-corrected chi connectivity index (χ3v) is 5.90. The molecule has 0 saturated heterocycles. The van der Waals surface area contributed by atoms with E-state index in [1.54, 1.807) is 27.0 Å². The molecule has 37 heavy (non-hydrogen) atoms. The molecular weight excluding hydrogens is 480 g/mol. The number of carbonyl (C=O) groups excluding carboxylic acids is 2. The Labute approximate surface area is 215 Å². The van der Waals surface area contributed by atoms with Gasteiger partial charge in [0.2, 0.25) is 0 Å². The van der Waals surface area contributed by atoms with E-state index in [1.807, 2.05) is 24.3 Å². The molecule has 0 aliphatic carbocycles. The molecule has 10 heteroatoms. The second-order valence-electron chi connectivity index (χ2n) is 8.35. The minimum Gasteiger partial charge on any atom is -0.490 e. The number of hydrogen-bond donors (Lipinski definition) is 1. The van der Waals surface area contributed by atoms with Gasteiger partial charge in [0.1, 0.15) is 19.0 Å². The predicted octanol–water partition coefficient (Wildman–Crippen LogP) is 3.81. The van der Waals surface area contributed by atoms with E-state index in [4.69, 9.17) is 18.9 Å². The molecule has 10 nitrogen and oxygen atoms in total. The van der Waals surface area contributed by atoms with Gasteiger partial charge in [0.15, 0.2) is 0 Å². The first-order chi connectivity index (χ1) is 17.8. The first-order valence-corrected chi connectivity index (χ1v) is 11.7. The van der Waals surface area contributed by atoms with Gasteiger partial charge in [0, 0.05) is 30.6 Å². The van der Waals surface area contributed by atoms with Gasteiger partial charge in [-0.1, -0.05) is 24.3 Å². The van der Waals surface area contributed by atoms with Crippen LogP contribution in [0, 0.1) is 10.1 Å². The molecule has 0 aromatic heterocycles. The van der Waals surface area contributed by atoms with Crippen LogP contribution in [0.2, 0.25) is 0 Å². The number of carbonyl (C=O) groups is 2. The maximum Gasteiger partial charge on any atom is 0.336 e. The minimum atomic E-state index is -0.915. The Morgan fingerprint density at radius 1 is 0.946 bits per heavy atom. The van der Waals surface area contributed by atoms with Gasteiger partial charge >= 0.3 is 11.9 Å². The van der Waals surface area contributed by atoms with Gasteiger partial charge in [-0.05, 0) is 43.5 Å². The fraction of sp³-hybridized carbons (Fsp3) is 0.333. The Hall–Kier alpha value is -4.18. The second-order valence-corrected chi connectivity index (χ2v) is 8.35. The number of non-ortho nitro benzene ring substituents is 1. The fourth-order valence-electron chi connectivity index (χ4n) is 4.14. The fourth-order valence-corrected chi connectivity index (χ4v) is 4.14. The molecule has 0 amide bonds. The van der Waals surface area contributed by atoms with Crippen molar-refractivity contribution < 1.29 is 33.5 Å². The molecule has 3 rings (SSSR count). The molecule has 196 valence electrons. The third kappa shape index (κ3) is 6.73. The van der Waals surface area contributed by atoms with Gasteiger partial charge in [-0.25, -0.2) is 9.59 Å². The van der Waals surface area contributed by atoms with Gasteiger partial charge in [-0.3, -0.25) is 10.1 Å². The molecule has 0 fully saturated rings. The number of ether oxygens (including phenoxy) is 4. The summed E-state index contributed by atoms with van der Waals surface area (Å²) >= 11 is 0. The van der Waals surface area contributed by atoms with E-state index in [0.717, 1.165) is 12.0 Å². The molecule has 0 unspecified atom stereocenters. The van der Waals surface area contributed by atoms with Crippen molar-refractivity contribution in [3.63, 3.8) is 0 Å². The monoisotopic (exact) mass is 510 g/mol. The third-order valence-electron chi connectivity index (χ3n) is 5.90. The van der Waals surface area contributed by atoms with Crippen LogP contribution >= 0.6 is 0 Å². The van der Waals surface area contributed by atoms with Crippen LogP contribution < -0.4 is 10.1 Å². The van der Waals surface area contributed by atoms with Crippen molar-refractivity contribution in [1.29, 1.82) is 0 Å². The van der Waals surface area contributed by atoms with Crippen LogP contribution in [0.15, 0.2) is 71.1 Å². The zero-order valence-electron chi connectivity index (χ0n) is 21.2. The van der Waals surface area contributed by atoms with Crippen molar-refractivity contribution in [2.24, 2.45) is 0 Å². The summed E-state index contributed by atoms with van der Waals surface area (Å²) in [5, 5.41) is 14.4. The zero-order chi connectivity index (χ0) is 26.9. The highest BCUT2D eigenvalue weighted by atomic mass is 16.6. The Morgan fingerprint density at radius 2 is 1.62 bits per heavy atom. The molecule has 2 aromatic carbocycles. The van der Waals surface area contributed by atoms with E-state index in [2.05, 4.69) is 5.32 Å². The van der Waals surface area contributed by atoms with Gasteiger partial charge < -0.3 is 24.3 Å². The first kappa shape index (κ1) is 27.4. The van der Waals surface area contributed by atoms with Gasteiger partial charge in [0.25, 0.3) is 5.69 Å². The zero-order valence-corrected chi connectivity index (χ0v) is 21.2. The van der Waals surface area contributed by atoms with Crippen LogP contribution in [0.5, 0.6) is 5.75 Å². The topological polar surface area (TPSA) is 126 Å². The summed E-state index contributed by atoms with van der Waals surface area (Å²) in [5.41, 5.74) is 2.63. The van der Waals surface area contributed by atoms with Crippen LogP contribution in [0.4, 0.5) is 5.69 Å². The standard InChI is InChI=1S/C27H30N2O8/c1-17-23(26(30)35-4)25(20-6-5-7-21(16-20)29(32)33)24(18(2)28-17)27(31)37-15-14-36-22-10-8-19(9-11-22)12-13-34-3/h5-11,16,25,28H,12-15H2,1-4H3/t25-/m0/s1. The molecule has 0 radical (unpaired) electrons. The van der Waals surface area contributed by atoms with Crippen molar-refractivity contribution in [2.45, 2.75) is 26.2 Å². The molecule has 1 N–H and O–H groups in total. The van der Waals surface area contributed by atoms with Crippen LogP contribution in [0.3, 0.4) is 0 Å². The smallest absolute Gasteiger partial charge is 0.336 e. The Bertz CT molecular complexity index is 1220. The van der Waals surface area contributed by atoms with Gasteiger partial charge in [-0.15, -0.1) is 0 Å². The maximum absolute atomic E-state index is 13.2. The van der Waals surface area contributed by atoms with Crippen molar-refractivity contribution in [2.75, 3.05) is 34.0 Å². The van der Waals surface area contributed by atoms with Crippen molar-refractivity contribution in [1.82, 2.24) is 5.32 Å². The van der Waals surface area contributed by atoms with E-state index in [9.17, 15) is 19.7 Å². The summed E-state index contributed by atoms with van der Waals surface area (Å²) in [6, 6.07) is 13.4. The number of allylic oxidation sites excluding steroid dienone is 2. The average Bonchev–Trinajstić information content (AvgIpc) is 2.89. The lowest BCUT2D eigenvalue weighted by atomic mass is 9.80. The number of hydrogen-bond acceptors (Lipinski definition) is 9. The maximum atomic E-state index is 13.2. The molecule has 1 aliphatic heterocycles. The minimum absolute atomic E-state index is 0.0427. The highest BCUT2D eigenvalue weighted by Gasteiger charge is 2.38. The Kier molecular flexibility index (Phi) is 9.39. The number of methoxy groups -OCH3 is 2. The highest BCUT2D eigenvalue weighted by molar-refractivity contribution is 5.99. The van der Waals surface area contributed by atoms with Gasteiger partial charge in [-0.2, -0.15) is 0 Å². The summed E-state index contributed by atoms with van der Waals surface area (Å²) < 4.78 is 21.2. The molecule has 1 heterocycles. The largest absolute Gasteiger partial charge is 0.490 e. The second kappa shape index (κ2) is 12.7. The summed E-state index contributed by atoms with van der Waals surface area (Å²) in [6.45, 7) is 4.06. The molecule has 0 spiro atoms.